The summed E-state index contributed by atoms with van der Waals surface area (Å²) in [5, 5.41) is 0. The molecule has 1 heterocycles. The first-order chi connectivity index (χ1) is 6.02. The normalized spacial score (nSPS) is 20.6. The fraction of sp³-hybridized carbons (Fsp3) is 1.00. The van der Waals surface area contributed by atoms with Gasteiger partial charge in [-0.25, -0.2) is 0 Å². The van der Waals surface area contributed by atoms with E-state index in [2.05, 4.69) is 9.47 Å². The monoisotopic (exact) mass is 235 g/mol. The molecule has 3 nitrogen and oxygen atoms in total. The van der Waals surface area contributed by atoms with Gasteiger partial charge in [-0.05, 0) is 13.0 Å². The summed E-state index contributed by atoms with van der Waals surface area (Å²) >= 11 is 0. The molecule has 1 saturated heterocycles. The summed E-state index contributed by atoms with van der Waals surface area (Å²) in [4.78, 5) is 0. The van der Waals surface area contributed by atoms with Crippen molar-refractivity contribution in [3.63, 3.8) is 0 Å². The van der Waals surface area contributed by atoms with Crippen LogP contribution in [-0.4, -0.2) is 31.7 Å². The van der Waals surface area contributed by atoms with Crippen molar-refractivity contribution in [2.24, 2.45) is 5.73 Å². The molecule has 0 radical (unpaired) electrons. The Bertz CT molecular complexity index is 171. The van der Waals surface area contributed by atoms with Crippen LogP contribution >= 0.6 is 12.4 Å². The maximum absolute atomic E-state index is 12.4. The maximum Gasteiger partial charge on any atom is 0.443 e. The Hall–Kier alpha value is -0.0400. The molecule has 0 saturated carbocycles. The number of alkyl halides is 3. The van der Waals surface area contributed by atoms with E-state index < -0.39 is 12.0 Å². The van der Waals surface area contributed by atoms with Gasteiger partial charge in [0.25, 0.3) is 5.79 Å². The largest absolute Gasteiger partial charge is 0.443 e. The number of nitrogens with two attached hydrogens (primary N) is 1. The standard InChI is InChI=1S/C7H12F3NO2.ClH/c8-7(9,10)6(2-1-3-11)12-4-5-13-6;/h1-5,11H2;1H. The van der Waals surface area contributed by atoms with E-state index in [0.717, 1.165) is 0 Å². The second kappa shape index (κ2) is 5.16. The molecule has 14 heavy (non-hydrogen) atoms. The van der Waals surface area contributed by atoms with Crippen LogP contribution in [-0.2, 0) is 9.47 Å². The van der Waals surface area contributed by atoms with Gasteiger partial charge >= 0.3 is 6.18 Å². The molecule has 2 N–H and O–H groups in total. The molecule has 1 rings (SSSR count). The minimum absolute atomic E-state index is 0. The van der Waals surface area contributed by atoms with Crippen molar-refractivity contribution in [3.05, 3.63) is 0 Å². The molecule has 1 aliphatic rings. The first kappa shape index (κ1) is 14.0. The van der Waals surface area contributed by atoms with E-state index in [1.54, 1.807) is 0 Å². The second-order valence-electron chi connectivity index (χ2n) is 2.84. The van der Waals surface area contributed by atoms with Gasteiger partial charge in [-0.2, -0.15) is 13.2 Å². The Morgan fingerprint density at radius 3 is 2.07 bits per heavy atom. The molecule has 0 aromatic heterocycles. The topological polar surface area (TPSA) is 44.5 Å². The van der Waals surface area contributed by atoms with Crippen molar-refractivity contribution in [2.75, 3.05) is 19.8 Å². The lowest BCUT2D eigenvalue weighted by atomic mass is 10.1. The van der Waals surface area contributed by atoms with Gasteiger partial charge in [0.05, 0.1) is 13.2 Å². The summed E-state index contributed by atoms with van der Waals surface area (Å²) in [7, 11) is 0. The molecule has 0 spiro atoms. The third-order valence-electron chi connectivity index (χ3n) is 1.90. The molecular formula is C7H13ClF3NO2. The van der Waals surface area contributed by atoms with E-state index in [0.29, 0.717) is 0 Å². The van der Waals surface area contributed by atoms with E-state index in [4.69, 9.17) is 5.73 Å². The zero-order valence-electron chi connectivity index (χ0n) is 7.47. The van der Waals surface area contributed by atoms with Crippen LogP contribution in [0.5, 0.6) is 0 Å². The molecular weight excluding hydrogens is 223 g/mol. The minimum Gasteiger partial charge on any atom is -0.340 e. The molecule has 0 amide bonds. The van der Waals surface area contributed by atoms with Gasteiger partial charge in [0.15, 0.2) is 0 Å². The van der Waals surface area contributed by atoms with Crippen molar-refractivity contribution in [1.29, 1.82) is 0 Å². The van der Waals surface area contributed by atoms with Crippen LogP contribution in [0.1, 0.15) is 12.8 Å². The van der Waals surface area contributed by atoms with E-state index in [1.807, 2.05) is 0 Å². The highest BCUT2D eigenvalue weighted by atomic mass is 35.5. The lowest BCUT2D eigenvalue weighted by Gasteiger charge is -2.29. The summed E-state index contributed by atoms with van der Waals surface area (Å²) < 4.78 is 46.6. The minimum atomic E-state index is -4.47. The molecule has 7 heteroatoms. The summed E-state index contributed by atoms with van der Waals surface area (Å²) in [6.07, 6.45) is -4.47. The maximum atomic E-state index is 12.4. The third-order valence-corrected chi connectivity index (χ3v) is 1.90. The number of hydrogen-bond acceptors (Lipinski definition) is 3. The molecule has 0 bridgehead atoms. The molecule has 0 unspecified atom stereocenters. The molecule has 0 atom stereocenters. The molecule has 0 aromatic carbocycles. The Labute approximate surface area is 86.1 Å². The Balaban J connectivity index is 0.00000169. The number of rotatable bonds is 3. The fourth-order valence-electron chi connectivity index (χ4n) is 1.24. The van der Waals surface area contributed by atoms with Crippen LogP contribution in [0.4, 0.5) is 13.2 Å². The third kappa shape index (κ3) is 2.73. The van der Waals surface area contributed by atoms with Gasteiger partial charge in [0, 0.05) is 6.42 Å². The van der Waals surface area contributed by atoms with Gasteiger partial charge in [-0.1, -0.05) is 0 Å². The van der Waals surface area contributed by atoms with Gasteiger partial charge < -0.3 is 15.2 Å². The lowest BCUT2D eigenvalue weighted by Crippen LogP contribution is -2.46. The quantitative estimate of drug-likeness (QED) is 0.805. The number of halogens is 4. The van der Waals surface area contributed by atoms with Crippen molar-refractivity contribution in [2.45, 2.75) is 24.8 Å². The van der Waals surface area contributed by atoms with Gasteiger partial charge in [0.2, 0.25) is 0 Å². The van der Waals surface area contributed by atoms with E-state index in [-0.39, 0.29) is 45.0 Å². The average molecular weight is 236 g/mol. The number of hydrogen-bond donors (Lipinski definition) is 1. The Morgan fingerprint density at radius 1 is 1.21 bits per heavy atom. The smallest absolute Gasteiger partial charge is 0.340 e. The Kier molecular flexibility index (Phi) is 5.14. The molecule has 0 aromatic rings. The van der Waals surface area contributed by atoms with E-state index in [9.17, 15) is 13.2 Å². The molecule has 1 fully saturated rings. The summed E-state index contributed by atoms with van der Waals surface area (Å²) in [6.45, 7) is 0.179. The van der Waals surface area contributed by atoms with Gasteiger partial charge in [-0.3, -0.25) is 0 Å². The zero-order valence-corrected chi connectivity index (χ0v) is 8.29. The SMILES string of the molecule is Cl.NCCCC1(C(F)(F)F)OCCO1. The van der Waals surface area contributed by atoms with E-state index >= 15 is 0 Å². The highest BCUT2D eigenvalue weighted by molar-refractivity contribution is 5.85. The van der Waals surface area contributed by atoms with Crippen LogP contribution in [0.25, 0.3) is 0 Å². The molecule has 0 aliphatic carbocycles. The van der Waals surface area contributed by atoms with E-state index in [1.165, 1.54) is 0 Å². The summed E-state index contributed by atoms with van der Waals surface area (Å²) in [5.74, 6) is -2.40. The van der Waals surface area contributed by atoms with Crippen LogP contribution in [0.15, 0.2) is 0 Å². The lowest BCUT2D eigenvalue weighted by molar-refractivity contribution is -0.345. The van der Waals surface area contributed by atoms with Crippen LogP contribution in [0.3, 0.4) is 0 Å². The summed E-state index contributed by atoms with van der Waals surface area (Å²) in [6, 6.07) is 0. The Morgan fingerprint density at radius 2 is 1.71 bits per heavy atom. The first-order valence-corrected chi connectivity index (χ1v) is 4.06. The fourth-order valence-corrected chi connectivity index (χ4v) is 1.24. The van der Waals surface area contributed by atoms with Crippen LogP contribution < -0.4 is 5.73 Å². The predicted molar refractivity (Wildman–Crippen MR) is 46.2 cm³/mol. The highest BCUT2D eigenvalue weighted by Crippen LogP contribution is 2.40. The average Bonchev–Trinajstić information content (AvgIpc) is 2.48. The van der Waals surface area contributed by atoms with Crippen LogP contribution in [0, 0.1) is 0 Å². The van der Waals surface area contributed by atoms with Crippen molar-refractivity contribution in [3.8, 4) is 0 Å². The van der Waals surface area contributed by atoms with Gasteiger partial charge in [-0.15, -0.1) is 12.4 Å². The first-order valence-electron chi connectivity index (χ1n) is 4.06. The predicted octanol–water partition coefficient (Wildman–Crippen LogP) is 1.45. The zero-order chi connectivity index (χ0) is 9.95. The van der Waals surface area contributed by atoms with Crippen LogP contribution in [0.2, 0.25) is 0 Å². The van der Waals surface area contributed by atoms with Crippen molar-refractivity contribution >= 4 is 12.4 Å². The molecule has 1 aliphatic heterocycles. The molecule has 86 valence electrons. The summed E-state index contributed by atoms with van der Waals surface area (Å²) in [5.41, 5.74) is 5.13. The second-order valence-corrected chi connectivity index (χ2v) is 2.84. The number of ether oxygens (including phenoxy) is 2. The van der Waals surface area contributed by atoms with Crippen molar-refractivity contribution < 1.29 is 22.6 Å². The highest BCUT2D eigenvalue weighted by Gasteiger charge is 2.59. The van der Waals surface area contributed by atoms with Crippen molar-refractivity contribution in [1.82, 2.24) is 0 Å². The van der Waals surface area contributed by atoms with Gasteiger partial charge in [0.1, 0.15) is 0 Å².